The van der Waals surface area contributed by atoms with Crippen LogP contribution in [0.2, 0.25) is 0 Å². The van der Waals surface area contributed by atoms with E-state index in [9.17, 15) is 9.59 Å². The average Bonchev–Trinajstić information content (AvgIpc) is 3.29. The highest BCUT2D eigenvalue weighted by molar-refractivity contribution is 5.97. The van der Waals surface area contributed by atoms with Gasteiger partial charge in [0.05, 0.1) is 11.7 Å². The Hall–Kier alpha value is -3.67. The predicted molar refractivity (Wildman–Crippen MR) is 129 cm³/mol. The van der Waals surface area contributed by atoms with Gasteiger partial charge in [-0.1, -0.05) is 42.5 Å². The molecule has 0 aliphatic carbocycles. The van der Waals surface area contributed by atoms with Crippen molar-refractivity contribution >= 4 is 23.5 Å². The molecule has 0 saturated carbocycles. The quantitative estimate of drug-likeness (QED) is 0.486. The van der Waals surface area contributed by atoms with Crippen LogP contribution in [0, 0.1) is 0 Å². The van der Waals surface area contributed by atoms with Crippen LogP contribution in [0.15, 0.2) is 79.0 Å². The summed E-state index contributed by atoms with van der Waals surface area (Å²) >= 11 is 0. The molecular weight excluding hydrogens is 414 g/mol. The Morgan fingerprint density at radius 3 is 2.30 bits per heavy atom. The first-order valence-electron chi connectivity index (χ1n) is 11.2. The van der Waals surface area contributed by atoms with Crippen LogP contribution in [0.1, 0.15) is 55.6 Å². The van der Waals surface area contributed by atoms with Gasteiger partial charge in [-0.05, 0) is 63.9 Å². The number of nitrogens with zero attached hydrogens (tertiary/aromatic N) is 3. The fourth-order valence-electron chi connectivity index (χ4n) is 4.13. The number of amides is 2. The maximum Gasteiger partial charge on any atom is 0.420 e. The van der Waals surface area contributed by atoms with Crippen LogP contribution in [0.25, 0.3) is 0 Å². The lowest BCUT2D eigenvalue weighted by Gasteiger charge is -2.31. The maximum absolute atomic E-state index is 13.3. The fraction of sp³-hybridized carbons (Fsp3) is 0.296. The third-order valence-electron chi connectivity index (χ3n) is 5.51. The van der Waals surface area contributed by atoms with Gasteiger partial charge in [-0.15, -0.1) is 0 Å². The molecule has 170 valence electrons. The molecule has 1 atom stereocenters. The Balaban J connectivity index is 1.75. The molecule has 0 unspecified atom stereocenters. The first-order valence-corrected chi connectivity index (χ1v) is 11.2. The Labute approximate surface area is 194 Å². The van der Waals surface area contributed by atoms with Gasteiger partial charge < -0.3 is 9.64 Å². The van der Waals surface area contributed by atoms with Gasteiger partial charge in [0.15, 0.2) is 0 Å². The van der Waals surface area contributed by atoms with Gasteiger partial charge in [-0.25, -0.2) is 14.7 Å². The molecule has 6 nitrogen and oxygen atoms in total. The summed E-state index contributed by atoms with van der Waals surface area (Å²) < 4.78 is 5.74. The highest BCUT2D eigenvalue weighted by Crippen LogP contribution is 2.39. The second kappa shape index (κ2) is 9.45. The molecule has 4 rings (SSSR count). The summed E-state index contributed by atoms with van der Waals surface area (Å²) in [5.41, 5.74) is 1.48. The molecule has 2 heterocycles. The van der Waals surface area contributed by atoms with E-state index in [0.29, 0.717) is 23.6 Å². The van der Waals surface area contributed by atoms with Crippen molar-refractivity contribution in [1.82, 2.24) is 9.88 Å². The molecule has 1 fully saturated rings. The van der Waals surface area contributed by atoms with Crippen LogP contribution < -0.4 is 4.90 Å². The second-order valence-electron chi connectivity index (χ2n) is 9.09. The molecule has 1 aromatic heterocycles. The lowest BCUT2D eigenvalue weighted by molar-refractivity contribution is 0.0597. The predicted octanol–water partition coefficient (Wildman–Crippen LogP) is 6.13. The van der Waals surface area contributed by atoms with Crippen molar-refractivity contribution in [1.29, 1.82) is 0 Å². The van der Waals surface area contributed by atoms with Crippen molar-refractivity contribution in [2.75, 3.05) is 11.4 Å². The largest absolute Gasteiger partial charge is 0.443 e. The maximum atomic E-state index is 13.3. The smallest absolute Gasteiger partial charge is 0.420 e. The minimum Gasteiger partial charge on any atom is -0.443 e. The van der Waals surface area contributed by atoms with Crippen LogP contribution >= 0.6 is 0 Å². The molecule has 0 bridgehead atoms. The van der Waals surface area contributed by atoms with Gasteiger partial charge in [0, 0.05) is 23.9 Å². The van der Waals surface area contributed by atoms with Crippen molar-refractivity contribution in [3.05, 3.63) is 90.1 Å². The molecule has 33 heavy (non-hydrogen) atoms. The molecular formula is C27H29N3O3. The number of benzene rings is 2. The molecule has 0 spiro atoms. The van der Waals surface area contributed by atoms with Gasteiger partial charge >= 0.3 is 6.09 Å². The van der Waals surface area contributed by atoms with Crippen LogP contribution in [0.3, 0.4) is 0 Å². The van der Waals surface area contributed by atoms with E-state index >= 15 is 0 Å². The van der Waals surface area contributed by atoms with Gasteiger partial charge in [-0.3, -0.25) is 4.79 Å². The molecule has 2 amide bonds. The van der Waals surface area contributed by atoms with Crippen molar-refractivity contribution in [3.8, 4) is 0 Å². The summed E-state index contributed by atoms with van der Waals surface area (Å²) in [5, 5.41) is 0. The zero-order valence-corrected chi connectivity index (χ0v) is 19.3. The number of anilines is 2. The van der Waals surface area contributed by atoms with E-state index in [0.717, 1.165) is 18.4 Å². The van der Waals surface area contributed by atoms with E-state index in [4.69, 9.17) is 4.74 Å². The average molecular weight is 444 g/mol. The monoisotopic (exact) mass is 443 g/mol. The summed E-state index contributed by atoms with van der Waals surface area (Å²) in [4.78, 5) is 34.6. The van der Waals surface area contributed by atoms with Crippen molar-refractivity contribution in [2.24, 2.45) is 0 Å². The number of carbonyl (C=O) groups is 2. The normalized spacial score (nSPS) is 15.8. The van der Waals surface area contributed by atoms with Crippen LogP contribution in [-0.4, -0.2) is 34.0 Å². The minimum absolute atomic E-state index is 0.0172. The number of likely N-dealkylation sites (tertiary alicyclic amines) is 1. The second-order valence-corrected chi connectivity index (χ2v) is 9.09. The Morgan fingerprint density at radius 2 is 1.64 bits per heavy atom. The summed E-state index contributed by atoms with van der Waals surface area (Å²) in [7, 11) is 0. The van der Waals surface area contributed by atoms with Crippen LogP contribution in [-0.2, 0) is 4.74 Å². The first-order chi connectivity index (χ1) is 15.8. The molecule has 3 aromatic rings. The van der Waals surface area contributed by atoms with Gasteiger partial charge in [0.25, 0.3) is 5.91 Å². The molecule has 0 N–H and O–H groups in total. The standard InChI is InChI=1S/C27H29N3O3/c1-27(2,3)33-26(32)30(21-14-8-5-9-15-21)24-22(16-10-18-28-24)23-17-11-19-29(23)25(31)20-12-6-4-7-13-20/h4-10,12-16,18,23H,11,17,19H2,1-3H3/t23-/m1/s1. The van der Waals surface area contributed by atoms with Gasteiger partial charge in [0.1, 0.15) is 11.4 Å². The van der Waals surface area contributed by atoms with Crippen LogP contribution in [0.4, 0.5) is 16.3 Å². The highest BCUT2D eigenvalue weighted by atomic mass is 16.6. The minimum atomic E-state index is -0.665. The van der Waals surface area contributed by atoms with Crippen molar-refractivity contribution in [3.63, 3.8) is 0 Å². The molecule has 1 aliphatic rings. The molecule has 6 heteroatoms. The van der Waals surface area contributed by atoms with Gasteiger partial charge in [0.2, 0.25) is 0 Å². The Kier molecular flexibility index (Phi) is 6.45. The number of carbonyl (C=O) groups excluding carboxylic acids is 2. The van der Waals surface area contributed by atoms with E-state index in [1.165, 1.54) is 4.90 Å². The SMILES string of the molecule is CC(C)(C)OC(=O)N(c1ccccc1)c1ncccc1[C@H]1CCCN1C(=O)c1ccccc1. The highest BCUT2D eigenvalue weighted by Gasteiger charge is 2.35. The third-order valence-corrected chi connectivity index (χ3v) is 5.51. The van der Waals surface area contributed by atoms with Crippen LogP contribution in [0.5, 0.6) is 0 Å². The molecule has 1 saturated heterocycles. The topological polar surface area (TPSA) is 62.7 Å². The summed E-state index contributed by atoms with van der Waals surface area (Å²) in [6.45, 7) is 6.17. The Morgan fingerprint density at radius 1 is 0.970 bits per heavy atom. The molecule has 0 radical (unpaired) electrons. The molecule has 1 aliphatic heterocycles. The number of hydrogen-bond donors (Lipinski definition) is 0. The zero-order valence-electron chi connectivity index (χ0n) is 19.3. The number of pyridine rings is 1. The fourth-order valence-corrected chi connectivity index (χ4v) is 4.13. The lowest BCUT2D eigenvalue weighted by Crippen LogP contribution is -2.36. The van der Waals surface area contributed by atoms with Crippen molar-refractivity contribution < 1.29 is 14.3 Å². The summed E-state index contributed by atoms with van der Waals surface area (Å²) in [6, 6.07) is 22.3. The number of hydrogen-bond acceptors (Lipinski definition) is 4. The first kappa shape index (κ1) is 22.5. The van der Waals surface area contributed by atoms with E-state index in [1.54, 1.807) is 6.20 Å². The number of aromatic nitrogens is 1. The van der Waals surface area contributed by atoms with E-state index in [1.807, 2.05) is 98.5 Å². The van der Waals surface area contributed by atoms with E-state index in [-0.39, 0.29) is 11.9 Å². The van der Waals surface area contributed by atoms with E-state index < -0.39 is 11.7 Å². The number of para-hydroxylation sites is 1. The lowest BCUT2D eigenvalue weighted by atomic mass is 10.0. The molecule has 2 aromatic carbocycles. The number of rotatable bonds is 4. The van der Waals surface area contributed by atoms with Crippen molar-refractivity contribution in [2.45, 2.75) is 45.3 Å². The third kappa shape index (κ3) is 5.06. The van der Waals surface area contributed by atoms with Gasteiger partial charge in [-0.2, -0.15) is 0 Å². The number of ether oxygens (including phenoxy) is 1. The summed E-state index contributed by atoms with van der Waals surface area (Å²) in [5.74, 6) is 0.465. The zero-order chi connectivity index (χ0) is 23.4. The summed E-state index contributed by atoms with van der Waals surface area (Å²) in [6.07, 6.45) is 2.84. The Bertz CT molecular complexity index is 1110. The van der Waals surface area contributed by atoms with E-state index in [2.05, 4.69) is 4.98 Å².